The Morgan fingerprint density at radius 3 is 2.54 bits per heavy atom. The molecule has 7 nitrogen and oxygen atoms in total. The summed E-state index contributed by atoms with van der Waals surface area (Å²) < 4.78 is 11.3. The average molecular weight is 561 g/mol. The van der Waals surface area contributed by atoms with Crippen LogP contribution in [-0.2, 0) is 20.9 Å². The number of thioether (sulfide) groups is 1. The topological polar surface area (TPSA) is 84.9 Å². The lowest BCUT2D eigenvalue weighted by molar-refractivity contribution is -0.122. The fourth-order valence-electron chi connectivity index (χ4n) is 3.80. The standard InChI is InChI=1S/C30H28N2O5S2/c1-2-36-29(35)23-13-15-24(16-14-23)31-27(33)12-7-17-32-28(34)26(39-30(32)38)19-22-10-6-11-25(18-22)37-20-21-8-4-3-5-9-21/h3-6,8-11,13-16,18-19H,2,7,12,17,20H2,1H3,(H,31,33)/b26-19-. The molecular formula is C30H28N2O5S2. The number of hydrogen-bond acceptors (Lipinski definition) is 7. The summed E-state index contributed by atoms with van der Waals surface area (Å²) in [6.45, 7) is 2.84. The molecule has 4 rings (SSSR count). The van der Waals surface area contributed by atoms with Gasteiger partial charge in [0.25, 0.3) is 5.91 Å². The maximum absolute atomic E-state index is 13.0. The van der Waals surface area contributed by atoms with Crippen LogP contribution in [0.25, 0.3) is 6.08 Å². The van der Waals surface area contributed by atoms with Gasteiger partial charge in [-0.05, 0) is 66.9 Å². The highest BCUT2D eigenvalue weighted by molar-refractivity contribution is 8.26. The molecule has 0 saturated carbocycles. The third kappa shape index (κ3) is 8.02. The number of nitrogens with zero attached hydrogens (tertiary/aromatic N) is 1. The third-order valence-corrected chi connectivity index (χ3v) is 7.12. The second kappa shape index (κ2) is 13.7. The predicted octanol–water partition coefficient (Wildman–Crippen LogP) is 6.06. The first kappa shape index (κ1) is 28.1. The Morgan fingerprint density at radius 1 is 1.03 bits per heavy atom. The number of amides is 2. The number of carbonyl (C=O) groups excluding carboxylic acids is 3. The van der Waals surface area contributed by atoms with Crippen LogP contribution < -0.4 is 10.1 Å². The zero-order valence-electron chi connectivity index (χ0n) is 21.4. The molecule has 1 saturated heterocycles. The first-order valence-electron chi connectivity index (χ1n) is 12.5. The number of hydrogen-bond donors (Lipinski definition) is 1. The quantitative estimate of drug-likeness (QED) is 0.173. The van der Waals surface area contributed by atoms with Crippen LogP contribution in [0.15, 0.2) is 83.8 Å². The van der Waals surface area contributed by atoms with Crippen LogP contribution in [0.5, 0.6) is 5.75 Å². The molecule has 3 aromatic carbocycles. The number of benzene rings is 3. The molecule has 1 heterocycles. The Labute approximate surface area is 237 Å². The van der Waals surface area contributed by atoms with E-state index in [-0.39, 0.29) is 18.2 Å². The SMILES string of the molecule is CCOC(=O)c1ccc(NC(=O)CCCN2C(=O)/C(=C/c3cccc(OCc4ccccc4)c3)SC2=S)cc1. The zero-order chi connectivity index (χ0) is 27.6. The Morgan fingerprint density at radius 2 is 1.79 bits per heavy atom. The summed E-state index contributed by atoms with van der Waals surface area (Å²) in [4.78, 5) is 39.2. The molecule has 0 unspecified atom stereocenters. The van der Waals surface area contributed by atoms with Gasteiger partial charge in [0.15, 0.2) is 0 Å². The third-order valence-electron chi connectivity index (χ3n) is 5.74. The Balaban J connectivity index is 1.27. The van der Waals surface area contributed by atoms with Gasteiger partial charge < -0.3 is 14.8 Å². The lowest BCUT2D eigenvalue weighted by Gasteiger charge is -2.14. The van der Waals surface area contributed by atoms with Gasteiger partial charge in [0.2, 0.25) is 5.91 Å². The lowest BCUT2D eigenvalue weighted by Crippen LogP contribution is -2.29. The van der Waals surface area contributed by atoms with E-state index in [4.69, 9.17) is 21.7 Å². The van der Waals surface area contributed by atoms with Crippen molar-refractivity contribution in [3.63, 3.8) is 0 Å². The zero-order valence-corrected chi connectivity index (χ0v) is 23.1. The molecule has 3 aromatic rings. The van der Waals surface area contributed by atoms with Crippen molar-refractivity contribution in [1.82, 2.24) is 4.90 Å². The molecule has 0 bridgehead atoms. The van der Waals surface area contributed by atoms with Gasteiger partial charge in [0, 0.05) is 18.7 Å². The molecule has 1 aliphatic rings. The monoisotopic (exact) mass is 560 g/mol. The summed E-state index contributed by atoms with van der Waals surface area (Å²) >= 11 is 6.68. The van der Waals surface area contributed by atoms with Crippen molar-refractivity contribution in [3.05, 3.63) is 100 Å². The first-order valence-corrected chi connectivity index (χ1v) is 13.7. The van der Waals surface area contributed by atoms with Gasteiger partial charge in [0.05, 0.1) is 17.1 Å². The van der Waals surface area contributed by atoms with E-state index in [9.17, 15) is 14.4 Å². The van der Waals surface area contributed by atoms with E-state index in [0.717, 1.165) is 11.1 Å². The van der Waals surface area contributed by atoms with Crippen LogP contribution >= 0.6 is 24.0 Å². The average Bonchev–Trinajstić information content (AvgIpc) is 3.20. The van der Waals surface area contributed by atoms with E-state index in [0.29, 0.717) is 52.4 Å². The van der Waals surface area contributed by atoms with Gasteiger partial charge in [-0.15, -0.1) is 0 Å². The summed E-state index contributed by atoms with van der Waals surface area (Å²) in [6.07, 6.45) is 2.48. The number of ether oxygens (including phenoxy) is 2. The first-order chi connectivity index (χ1) is 18.9. The van der Waals surface area contributed by atoms with Gasteiger partial charge in [-0.2, -0.15) is 0 Å². The highest BCUT2D eigenvalue weighted by Gasteiger charge is 2.31. The molecule has 1 aliphatic heterocycles. The van der Waals surface area contributed by atoms with E-state index < -0.39 is 5.97 Å². The van der Waals surface area contributed by atoms with Crippen LogP contribution in [0.4, 0.5) is 5.69 Å². The number of anilines is 1. The Kier molecular flexibility index (Phi) is 9.88. The second-order valence-electron chi connectivity index (χ2n) is 8.63. The van der Waals surface area contributed by atoms with Crippen LogP contribution in [0.1, 0.15) is 41.3 Å². The summed E-state index contributed by atoms with van der Waals surface area (Å²) in [5.74, 6) is -0.0515. The number of esters is 1. The lowest BCUT2D eigenvalue weighted by atomic mass is 10.2. The molecule has 1 fully saturated rings. The van der Waals surface area contributed by atoms with E-state index in [2.05, 4.69) is 5.32 Å². The summed E-state index contributed by atoms with van der Waals surface area (Å²) in [7, 11) is 0. The van der Waals surface area contributed by atoms with E-state index in [1.807, 2.05) is 54.6 Å². The molecule has 0 radical (unpaired) electrons. The van der Waals surface area contributed by atoms with E-state index in [1.54, 1.807) is 37.3 Å². The summed E-state index contributed by atoms with van der Waals surface area (Å²) in [5, 5.41) is 2.80. The Bertz CT molecular complexity index is 1370. The molecule has 1 N–H and O–H groups in total. The second-order valence-corrected chi connectivity index (χ2v) is 10.3. The molecule has 2 amide bonds. The molecule has 0 aliphatic carbocycles. The van der Waals surface area contributed by atoms with Crippen molar-refractivity contribution >= 4 is 57.8 Å². The molecule has 200 valence electrons. The van der Waals surface area contributed by atoms with Crippen molar-refractivity contribution in [3.8, 4) is 5.75 Å². The predicted molar refractivity (Wildman–Crippen MR) is 157 cm³/mol. The minimum absolute atomic E-state index is 0.171. The molecule has 0 atom stereocenters. The van der Waals surface area contributed by atoms with Crippen LogP contribution in [-0.4, -0.2) is 40.2 Å². The summed E-state index contributed by atoms with van der Waals surface area (Å²) in [5.41, 5.74) is 2.92. The Hall–Kier alpha value is -3.95. The normalized spacial score (nSPS) is 14.0. The molecule has 9 heteroatoms. The van der Waals surface area contributed by atoms with Crippen molar-refractivity contribution in [2.24, 2.45) is 0 Å². The van der Waals surface area contributed by atoms with Crippen molar-refractivity contribution in [2.75, 3.05) is 18.5 Å². The minimum Gasteiger partial charge on any atom is -0.489 e. The number of carbonyl (C=O) groups is 3. The summed E-state index contributed by atoms with van der Waals surface area (Å²) in [6, 6.07) is 24.0. The highest BCUT2D eigenvalue weighted by atomic mass is 32.2. The molecular weight excluding hydrogens is 532 g/mol. The van der Waals surface area contributed by atoms with Crippen molar-refractivity contribution < 1.29 is 23.9 Å². The fraction of sp³-hybridized carbons (Fsp3) is 0.200. The van der Waals surface area contributed by atoms with Gasteiger partial charge in [0.1, 0.15) is 16.7 Å². The largest absolute Gasteiger partial charge is 0.489 e. The number of thiocarbonyl (C=S) groups is 1. The van der Waals surface area contributed by atoms with Crippen LogP contribution in [0, 0.1) is 0 Å². The van der Waals surface area contributed by atoms with Gasteiger partial charge in [-0.3, -0.25) is 14.5 Å². The van der Waals surface area contributed by atoms with Gasteiger partial charge in [-0.25, -0.2) is 4.79 Å². The van der Waals surface area contributed by atoms with Crippen molar-refractivity contribution in [1.29, 1.82) is 0 Å². The van der Waals surface area contributed by atoms with Gasteiger partial charge >= 0.3 is 5.97 Å². The number of rotatable bonds is 11. The van der Waals surface area contributed by atoms with Crippen LogP contribution in [0.2, 0.25) is 0 Å². The van der Waals surface area contributed by atoms with E-state index in [1.165, 1.54) is 16.7 Å². The maximum atomic E-state index is 13.0. The van der Waals surface area contributed by atoms with Crippen LogP contribution in [0.3, 0.4) is 0 Å². The molecule has 39 heavy (non-hydrogen) atoms. The maximum Gasteiger partial charge on any atom is 0.338 e. The number of nitrogens with one attached hydrogen (secondary N) is 1. The minimum atomic E-state index is -0.406. The van der Waals surface area contributed by atoms with Gasteiger partial charge in [-0.1, -0.05) is 66.4 Å². The fourth-order valence-corrected chi connectivity index (χ4v) is 5.11. The van der Waals surface area contributed by atoms with E-state index >= 15 is 0 Å². The van der Waals surface area contributed by atoms with Crippen molar-refractivity contribution in [2.45, 2.75) is 26.4 Å². The highest BCUT2D eigenvalue weighted by Crippen LogP contribution is 2.33. The molecule has 0 aromatic heterocycles. The smallest absolute Gasteiger partial charge is 0.338 e. The molecule has 0 spiro atoms.